The number of carbonyl (C=O) groups is 3. The maximum absolute atomic E-state index is 12.5. The summed E-state index contributed by atoms with van der Waals surface area (Å²) < 4.78 is 11.1. The molecule has 10 heteroatoms. The van der Waals surface area contributed by atoms with Gasteiger partial charge in [-0.15, -0.1) is 0 Å². The van der Waals surface area contributed by atoms with E-state index < -0.39 is 0 Å². The fourth-order valence-corrected chi connectivity index (χ4v) is 5.59. The summed E-state index contributed by atoms with van der Waals surface area (Å²) in [6.45, 7) is 3.84. The molecule has 4 aromatic rings. The van der Waals surface area contributed by atoms with Gasteiger partial charge in [0.15, 0.2) is 0 Å². The van der Waals surface area contributed by atoms with Crippen LogP contribution in [0, 0.1) is 0 Å². The average molecular weight is 568 g/mol. The Hall–Kier alpha value is -4.73. The van der Waals surface area contributed by atoms with E-state index in [2.05, 4.69) is 21.0 Å². The highest BCUT2D eigenvalue weighted by Gasteiger charge is 2.31. The molecule has 5 heterocycles. The number of aryl methyl sites for hydroxylation is 1. The molecule has 2 aliphatic heterocycles. The van der Waals surface area contributed by atoms with Gasteiger partial charge in [0, 0.05) is 55.6 Å². The second-order valence-electron chi connectivity index (χ2n) is 10.8. The lowest BCUT2D eigenvalue weighted by molar-refractivity contribution is -0.140. The highest BCUT2D eigenvalue weighted by atomic mass is 16.5. The van der Waals surface area contributed by atoms with Crippen LogP contribution in [0.25, 0.3) is 22.3 Å². The van der Waals surface area contributed by atoms with E-state index in [4.69, 9.17) is 9.47 Å². The Bertz CT molecular complexity index is 1630. The number of pyridine rings is 2. The van der Waals surface area contributed by atoms with Gasteiger partial charge in [-0.1, -0.05) is 6.07 Å². The van der Waals surface area contributed by atoms with Crippen molar-refractivity contribution in [3.63, 3.8) is 0 Å². The lowest BCUT2D eigenvalue weighted by Crippen LogP contribution is -2.42. The fourth-order valence-electron chi connectivity index (χ4n) is 5.59. The quantitative estimate of drug-likeness (QED) is 0.296. The zero-order chi connectivity index (χ0) is 29.2. The van der Waals surface area contributed by atoms with Crippen molar-refractivity contribution in [1.29, 1.82) is 0 Å². The minimum Gasteiger partial charge on any atom is -0.469 e. The van der Waals surface area contributed by atoms with Crippen LogP contribution in [0.4, 0.5) is 0 Å². The average Bonchev–Trinajstić information content (AvgIpc) is 3.62. The molecule has 0 aliphatic carbocycles. The summed E-state index contributed by atoms with van der Waals surface area (Å²) in [5.74, 6) is 0.871. The van der Waals surface area contributed by atoms with Crippen molar-refractivity contribution in [2.24, 2.45) is 0 Å². The molecule has 2 aliphatic rings. The lowest BCUT2D eigenvalue weighted by Gasteiger charge is -2.30. The van der Waals surface area contributed by atoms with Gasteiger partial charge >= 0.3 is 5.97 Å². The minimum atomic E-state index is -0.249. The van der Waals surface area contributed by atoms with Crippen molar-refractivity contribution in [2.75, 3.05) is 26.7 Å². The molecule has 2 fully saturated rings. The molecule has 2 saturated heterocycles. The summed E-state index contributed by atoms with van der Waals surface area (Å²) in [5.41, 5.74) is 4.79. The Balaban J connectivity index is 1.30. The second-order valence-corrected chi connectivity index (χ2v) is 10.8. The van der Waals surface area contributed by atoms with E-state index in [0.29, 0.717) is 36.6 Å². The Kier molecular flexibility index (Phi) is 7.60. The number of aromatic amines is 1. The van der Waals surface area contributed by atoms with Crippen LogP contribution >= 0.6 is 0 Å². The summed E-state index contributed by atoms with van der Waals surface area (Å²) in [6.07, 6.45) is 7.00. The van der Waals surface area contributed by atoms with Gasteiger partial charge in [-0.2, -0.15) is 0 Å². The molecular weight excluding hydrogens is 534 g/mol. The molecule has 2 amide bonds. The SMILES string of the molecule is COC(=O)CCc1ccc(-c2cc3cc(Oc4ccc(C(=O)N5CCC5)nc4)c(C4CCCN4C(C)=O)cc3[nH]2)nc1. The van der Waals surface area contributed by atoms with Gasteiger partial charge < -0.3 is 24.3 Å². The van der Waals surface area contributed by atoms with Crippen molar-refractivity contribution >= 4 is 28.7 Å². The van der Waals surface area contributed by atoms with Crippen LogP contribution in [0.15, 0.2) is 54.9 Å². The summed E-state index contributed by atoms with van der Waals surface area (Å²) in [7, 11) is 1.38. The maximum atomic E-state index is 12.5. The van der Waals surface area contributed by atoms with Gasteiger partial charge in [0.2, 0.25) is 5.91 Å². The van der Waals surface area contributed by atoms with Crippen LogP contribution in [-0.2, 0) is 20.7 Å². The molecule has 1 aromatic carbocycles. The number of nitrogens with one attached hydrogen (secondary N) is 1. The third-order valence-corrected chi connectivity index (χ3v) is 8.04. The van der Waals surface area contributed by atoms with Crippen molar-refractivity contribution in [2.45, 2.75) is 45.1 Å². The number of amides is 2. The monoisotopic (exact) mass is 567 g/mol. The summed E-state index contributed by atoms with van der Waals surface area (Å²) in [6, 6.07) is 13.3. The number of carbonyl (C=O) groups excluding carboxylic acids is 3. The number of hydrogen-bond donors (Lipinski definition) is 1. The van der Waals surface area contributed by atoms with E-state index in [1.54, 1.807) is 36.4 Å². The number of esters is 1. The van der Waals surface area contributed by atoms with Crippen molar-refractivity contribution in [3.05, 3.63) is 71.7 Å². The van der Waals surface area contributed by atoms with Crippen molar-refractivity contribution in [3.8, 4) is 22.9 Å². The zero-order valence-electron chi connectivity index (χ0n) is 23.8. The molecule has 0 spiro atoms. The molecule has 10 nitrogen and oxygen atoms in total. The molecule has 42 heavy (non-hydrogen) atoms. The van der Waals surface area contributed by atoms with Crippen LogP contribution in [-0.4, -0.2) is 69.3 Å². The Morgan fingerprint density at radius 1 is 1.00 bits per heavy atom. The largest absolute Gasteiger partial charge is 0.469 e. The van der Waals surface area contributed by atoms with E-state index in [1.165, 1.54) is 7.11 Å². The van der Waals surface area contributed by atoms with Gasteiger partial charge in [0.05, 0.1) is 30.7 Å². The molecule has 1 N–H and O–H groups in total. The van der Waals surface area contributed by atoms with Gasteiger partial charge in [0.1, 0.15) is 17.2 Å². The van der Waals surface area contributed by atoms with Gasteiger partial charge in [-0.3, -0.25) is 19.4 Å². The summed E-state index contributed by atoms with van der Waals surface area (Å²) in [5, 5.41) is 0.935. The molecule has 0 radical (unpaired) electrons. The molecule has 0 bridgehead atoms. The Morgan fingerprint density at radius 2 is 1.86 bits per heavy atom. The van der Waals surface area contributed by atoms with Crippen LogP contribution in [0.3, 0.4) is 0 Å². The number of ether oxygens (including phenoxy) is 2. The van der Waals surface area contributed by atoms with E-state index in [0.717, 1.165) is 65.8 Å². The van der Waals surface area contributed by atoms with Crippen LogP contribution in [0.2, 0.25) is 0 Å². The Labute approximate surface area is 243 Å². The molecule has 3 aromatic heterocycles. The van der Waals surface area contributed by atoms with Gasteiger partial charge in [-0.25, -0.2) is 4.98 Å². The van der Waals surface area contributed by atoms with Crippen LogP contribution in [0.5, 0.6) is 11.5 Å². The highest BCUT2D eigenvalue weighted by Crippen LogP contribution is 2.41. The number of benzene rings is 1. The number of H-pyrrole nitrogens is 1. The molecule has 0 saturated carbocycles. The third kappa shape index (κ3) is 5.57. The number of nitrogens with zero attached hydrogens (tertiary/aromatic N) is 4. The van der Waals surface area contributed by atoms with Gasteiger partial charge in [0.25, 0.3) is 5.91 Å². The number of hydrogen-bond acceptors (Lipinski definition) is 7. The maximum Gasteiger partial charge on any atom is 0.305 e. The molecule has 1 unspecified atom stereocenters. The first kappa shape index (κ1) is 27.4. The van der Waals surface area contributed by atoms with E-state index in [1.807, 2.05) is 29.2 Å². The number of aromatic nitrogens is 3. The van der Waals surface area contributed by atoms with Crippen molar-refractivity contribution in [1.82, 2.24) is 24.8 Å². The van der Waals surface area contributed by atoms with Crippen LogP contribution in [0.1, 0.15) is 60.3 Å². The number of fused-ring (bicyclic) bond motifs is 1. The first-order chi connectivity index (χ1) is 20.4. The number of rotatable bonds is 8. The highest BCUT2D eigenvalue weighted by molar-refractivity contribution is 5.93. The minimum absolute atomic E-state index is 0.0303. The molecule has 216 valence electrons. The molecule has 6 rings (SSSR count). The normalized spacial score (nSPS) is 16.4. The standard InChI is InChI=1S/C32H33N5O5/c1-20(38)37-14-3-5-29(37)24-17-27-22(15-28(35-27)25-9-6-21(18-33-25)7-11-31(39)41-2)16-30(24)42-23-8-10-26(34-19-23)32(40)36-12-4-13-36/h6,8-10,15-19,29,35H,3-5,7,11-14H2,1-2H3. The first-order valence-electron chi connectivity index (χ1n) is 14.3. The molecular formula is C32H33N5O5. The van der Waals surface area contributed by atoms with E-state index >= 15 is 0 Å². The smallest absolute Gasteiger partial charge is 0.305 e. The number of methoxy groups -OCH3 is 1. The van der Waals surface area contributed by atoms with E-state index in [9.17, 15) is 14.4 Å². The zero-order valence-corrected chi connectivity index (χ0v) is 23.8. The number of likely N-dealkylation sites (tertiary alicyclic amines) is 2. The predicted octanol–water partition coefficient (Wildman–Crippen LogP) is 5.05. The van der Waals surface area contributed by atoms with Crippen LogP contribution < -0.4 is 4.74 Å². The Morgan fingerprint density at radius 3 is 2.52 bits per heavy atom. The fraction of sp³-hybridized carbons (Fsp3) is 0.344. The van der Waals surface area contributed by atoms with Gasteiger partial charge in [-0.05, 0) is 67.6 Å². The first-order valence-corrected chi connectivity index (χ1v) is 14.3. The topological polar surface area (TPSA) is 118 Å². The second kappa shape index (κ2) is 11.6. The lowest BCUT2D eigenvalue weighted by atomic mass is 10.0. The third-order valence-electron chi connectivity index (χ3n) is 8.04. The van der Waals surface area contributed by atoms with E-state index in [-0.39, 0.29) is 23.8 Å². The summed E-state index contributed by atoms with van der Waals surface area (Å²) >= 11 is 0. The molecule has 1 atom stereocenters. The summed E-state index contributed by atoms with van der Waals surface area (Å²) in [4.78, 5) is 52.6. The van der Waals surface area contributed by atoms with Crippen molar-refractivity contribution < 1.29 is 23.9 Å². The predicted molar refractivity (Wildman–Crippen MR) is 156 cm³/mol.